The fourth-order valence-electron chi connectivity index (χ4n) is 4.54. The first-order valence-corrected chi connectivity index (χ1v) is 9.35. The zero-order valence-electron chi connectivity index (χ0n) is 15.5. The number of ether oxygens (including phenoxy) is 2. The third-order valence-electron chi connectivity index (χ3n) is 6.07. The Morgan fingerprint density at radius 2 is 2.14 bits per heavy atom. The number of rotatable bonds is 4. The first-order chi connectivity index (χ1) is 13.6. The Morgan fingerprint density at radius 3 is 2.86 bits per heavy atom. The molecule has 3 fully saturated rings. The number of cyclic esters (lactones) is 1. The number of hydrogen-bond donors (Lipinski definition) is 0. The van der Waals surface area contributed by atoms with Crippen molar-refractivity contribution in [3.8, 4) is 0 Å². The Hall–Kier alpha value is -3.10. The molecular weight excluding hydrogens is 362 g/mol. The van der Waals surface area contributed by atoms with E-state index in [4.69, 9.17) is 9.47 Å². The van der Waals surface area contributed by atoms with Crippen molar-refractivity contribution in [2.24, 2.45) is 5.92 Å². The number of nitrogens with zero attached hydrogens (tertiary/aromatic N) is 5. The first-order valence-electron chi connectivity index (χ1n) is 9.35. The Morgan fingerprint density at radius 1 is 1.32 bits per heavy atom. The van der Waals surface area contributed by atoms with Gasteiger partial charge in [-0.1, -0.05) is 17.3 Å². The molecule has 0 radical (unpaired) electrons. The second-order valence-electron chi connectivity index (χ2n) is 7.70. The quantitative estimate of drug-likeness (QED) is 0.797. The van der Waals surface area contributed by atoms with Crippen LogP contribution in [0.4, 0.5) is 15.3 Å². The Balaban J connectivity index is 1.27. The summed E-state index contributed by atoms with van der Waals surface area (Å²) in [6, 6.07) is 8.04. The van der Waals surface area contributed by atoms with Gasteiger partial charge in [-0.15, -0.1) is 5.10 Å². The van der Waals surface area contributed by atoms with Crippen molar-refractivity contribution in [3.05, 3.63) is 42.2 Å². The molecule has 3 atom stereocenters. The summed E-state index contributed by atoms with van der Waals surface area (Å²) < 4.78 is 12.0. The van der Waals surface area contributed by atoms with Crippen molar-refractivity contribution >= 4 is 17.9 Å². The minimum Gasteiger partial charge on any atom is -0.453 e. The summed E-state index contributed by atoms with van der Waals surface area (Å²) >= 11 is 0. The average Bonchev–Trinajstić information content (AvgIpc) is 3.10. The van der Waals surface area contributed by atoms with Crippen LogP contribution in [0.2, 0.25) is 0 Å². The number of benzene rings is 1. The number of anilines is 1. The molecule has 2 aliphatic heterocycles. The van der Waals surface area contributed by atoms with Crippen LogP contribution < -0.4 is 4.90 Å². The average molecular weight is 383 g/mol. The van der Waals surface area contributed by atoms with E-state index in [1.165, 1.54) is 12.7 Å². The van der Waals surface area contributed by atoms with Crippen LogP contribution in [0, 0.1) is 5.92 Å². The predicted octanol–water partition coefficient (Wildman–Crippen LogP) is 1.64. The van der Waals surface area contributed by atoms with Gasteiger partial charge in [0.05, 0.1) is 26.4 Å². The van der Waals surface area contributed by atoms with Crippen LogP contribution in [-0.4, -0.2) is 64.9 Å². The third kappa shape index (κ3) is 2.69. The highest BCUT2D eigenvalue weighted by molar-refractivity contribution is 5.89. The number of hydrogen-bond acceptors (Lipinski definition) is 6. The summed E-state index contributed by atoms with van der Waals surface area (Å²) in [4.78, 5) is 27.5. The molecule has 2 saturated heterocycles. The van der Waals surface area contributed by atoms with Crippen molar-refractivity contribution in [1.82, 2.24) is 19.9 Å². The third-order valence-corrected chi connectivity index (χ3v) is 6.07. The highest BCUT2D eigenvalue weighted by Gasteiger charge is 2.61. The molecule has 3 aliphatic rings. The van der Waals surface area contributed by atoms with Gasteiger partial charge < -0.3 is 14.4 Å². The molecule has 9 heteroatoms. The number of methoxy groups -OCH3 is 1. The van der Waals surface area contributed by atoms with Gasteiger partial charge in [0.2, 0.25) is 0 Å². The maximum absolute atomic E-state index is 12.3. The van der Waals surface area contributed by atoms with E-state index in [2.05, 4.69) is 22.4 Å². The molecule has 3 heterocycles. The monoisotopic (exact) mass is 383 g/mol. The lowest BCUT2D eigenvalue weighted by molar-refractivity contribution is 0.127. The molecule has 1 aromatic heterocycles. The summed E-state index contributed by atoms with van der Waals surface area (Å²) in [5.74, 6) is 0.487. The first kappa shape index (κ1) is 17.0. The second-order valence-corrected chi connectivity index (χ2v) is 7.70. The van der Waals surface area contributed by atoms with E-state index < -0.39 is 0 Å². The zero-order valence-corrected chi connectivity index (χ0v) is 15.5. The van der Waals surface area contributed by atoms with E-state index in [-0.39, 0.29) is 23.7 Å². The maximum Gasteiger partial charge on any atom is 0.414 e. The summed E-state index contributed by atoms with van der Waals surface area (Å²) in [6.45, 7) is 2.39. The van der Waals surface area contributed by atoms with Crippen molar-refractivity contribution in [2.75, 3.05) is 31.6 Å². The van der Waals surface area contributed by atoms with Gasteiger partial charge in [0.15, 0.2) is 0 Å². The van der Waals surface area contributed by atoms with E-state index in [9.17, 15) is 9.59 Å². The lowest BCUT2D eigenvalue weighted by atomic mass is 9.95. The van der Waals surface area contributed by atoms with Crippen LogP contribution in [-0.2, 0) is 21.4 Å². The van der Waals surface area contributed by atoms with E-state index in [0.29, 0.717) is 25.6 Å². The molecule has 1 aliphatic carbocycles. The number of likely N-dealkylation sites (tertiary alicyclic amines) is 1. The number of carbonyl (C=O) groups excluding carboxylic acids is 2. The molecule has 2 unspecified atom stereocenters. The molecule has 2 aromatic rings. The molecule has 0 bridgehead atoms. The number of carbonyl (C=O) groups is 2. The molecule has 28 heavy (non-hydrogen) atoms. The molecular formula is C19H21N5O4. The smallest absolute Gasteiger partial charge is 0.414 e. The van der Waals surface area contributed by atoms with E-state index in [1.807, 2.05) is 12.1 Å². The van der Waals surface area contributed by atoms with Gasteiger partial charge in [0.25, 0.3) is 0 Å². The van der Waals surface area contributed by atoms with Crippen molar-refractivity contribution in [1.29, 1.82) is 0 Å². The molecule has 2 amide bonds. The summed E-state index contributed by atoms with van der Waals surface area (Å²) in [5, 5.41) is 7.68. The minimum atomic E-state index is -0.349. The summed E-state index contributed by atoms with van der Waals surface area (Å²) in [5.41, 5.74) is 2.05. The molecule has 1 saturated carbocycles. The summed E-state index contributed by atoms with van der Waals surface area (Å²) in [6.07, 6.45) is 3.56. The highest BCUT2D eigenvalue weighted by Crippen LogP contribution is 2.59. The number of fused-ring (bicyclic) bond motifs is 1. The van der Waals surface area contributed by atoms with Crippen LogP contribution in [0.3, 0.4) is 0 Å². The van der Waals surface area contributed by atoms with Crippen LogP contribution in [0.5, 0.6) is 0 Å². The normalized spacial score (nSPS) is 28.2. The van der Waals surface area contributed by atoms with Gasteiger partial charge in [0, 0.05) is 30.4 Å². The molecule has 0 N–H and O–H groups in total. The standard InChI is InChI=1S/C19H21N5O4/c1-27-17(25)22-9-14-8-19(14,12-22)13-2-4-15(5-3-13)24-11-16(28-18(24)26)10-23-7-6-20-21-23/h2-7,14,16H,8-12H2,1H3/t14?,16-,19?/m0/s1. The number of aromatic nitrogens is 3. The maximum atomic E-state index is 12.3. The van der Waals surface area contributed by atoms with E-state index in [1.54, 1.807) is 26.9 Å². The van der Waals surface area contributed by atoms with E-state index >= 15 is 0 Å². The molecule has 1 aromatic carbocycles. The van der Waals surface area contributed by atoms with Gasteiger partial charge >= 0.3 is 12.2 Å². The largest absolute Gasteiger partial charge is 0.453 e. The lowest BCUT2D eigenvalue weighted by Gasteiger charge is -2.20. The highest BCUT2D eigenvalue weighted by atomic mass is 16.6. The molecule has 0 spiro atoms. The van der Waals surface area contributed by atoms with Crippen molar-refractivity contribution in [3.63, 3.8) is 0 Å². The Bertz CT molecular complexity index is 900. The fraction of sp³-hybridized carbons (Fsp3) is 0.474. The van der Waals surface area contributed by atoms with Gasteiger partial charge in [-0.3, -0.25) is 4.90 Å². The van der Waals surface area contributed by atoms with Gasteiger partial charge in [-0.25, -0.2) is 14.3 Å². The lowest BCUT2D eigenvalue weighted by Crippen LogP contribution is -2.32. The van der Waals surface area contributed by atoms with Crippen LogP contribution in [0.15, 0.2) is 36.7 Å². The fourth-order valence-corrected chi connectivity index (χ4v) is 4.54. The Kier molecular flexibility index (Phi) is 3.78. The molecule has 5 rings (SSSR count). The van der Waals surface area contributed by atoms with Gasteiger partial charge in [0.1, 0.15) is 6.10 Å². The number of amides is 2. The molecule has 9 nitrogen and oxygen atoms in total. The van der Waals surface area contributed by atoms with E-state index in [0.717, 1.165) is 18.7 Å². The van der Waals surface area contributed by atoms with Crippen LogP contribution in [0.25, 0.3) is 0 Å². The summed E-state index contributed by atoms with van der Waals surface area (Å²) in [7, 11) is 1.42. The van der Waals surface area contributed by atoms with Crippen molar-refractivity contribution in [2.45, 2.75) is 24.5 Å². The number of piperidine rings is 1. The topological polar surface area (TPSA) is 89.8 Å². The zero-order chi connectivity index (χ0) is 19.3. The van der Waals surface area contributed by atoms with Crippen LogP contribution in [0.1, 0.15) is 12.0 Å². The van der Waals surface area contributed by atoms with Gasteiger partial charge in [-0.2, -0.15) is 0 Å². The minimum absolute atomic E-state index is 0.0356. The second kappa shape index (κ2) is 6.22. The van der Waals surface area contributed by atoms with Crippen molar-refractivity contribution < 1.29 is 19.1 Å². The van der Waals surface area contributed by atoms with Crippen LogP contribution >= 0.6 is 0 Å². The predicted molar refractivity (Wildman–Crippen MR) is 97.8 cm³/mol. The SMILES string of the molecule is COC(=O)N1CC2CC2(c2ccc(N3C[C@H](Cn4ccnn4)OC3=O)cc2)C1. The van der Waals surface area contributed by atoms with Gasteiger partial charge in [-0.05, 0) is 30.0 Å². The Labute approximate surface area is 161 Å². The molecule has 146 valence electrons.